The van der Waals surface area contributed by atoms with Crippen LogP contribution in [0.2, 0.25) is 0 Å². The summed E-state index contributed by atoms with van der Waals surface area (Å²) in [5, 5.41) is 11.2. The summed E-state index contributed by atoms with van der Waals surface area (Å²) in [6.07, 6.45) is 1.92. The number of aromatic nitrogens is 1. The quantitative estimate of drug-likeness (QED) is 0.933. The van der Waals surface area contributed by atoms with Crippen LogP contribution in [0.25, 0.3) is 10.9 Å². The molecule has 2 aromatic rings. The maximum absolute atomic E-state index is 12.6. The molecule has 2 atom stereocenters. The molecular weight excluding hydrogens is 290 g/mol. The molecule has 1 aromatic carbocycles. The summed E-state index contributed by atoms with van der Waals surface area (Å²) in [6, 6.07) is 10.0. The second-order valence-corrected chi connectivity index (χ2v) is 6.46. The Morgan fingerprint density at radius 3 is 3.04 bits per heavy atom. The second kappa shape index (κ2) is 6.64. The number of aliphatic hydroxyl groups is 1. The van der Waals surface area contributed by atoms with E-state index in [1.54, 1.807) is 11.9 Å². The van der Waals surface area contributed by atoms with E-state index in [9.17, 15) is 9.90 Å². The molecule has 1 aliphatic heterocycles. The van der Waals surface area contributed by atoms with Crippen LogP contribution in [-0.2, 0) is 11.3 Å². The van der Waals surface area contributed by atoms with E-state index in [1.165, 1.54) is 0 Å². The summed E-state index contributed by atoms with van der Waals surface area (Å²) in [6.45, 7) is 1.95. The average molecular weight is 313 g/mol. The number of hydrogen-bond donors (Lipinski definition) is 1. The number of nitrogens with zero attached hydrogens (tertiary/aromatic N) is 3. The number of piperidine rings is 1. The molecule has 23 heavy (non-hydrogen) atoms. The Hall–Kier alpha value is -1.98. The third kappa shape index (κ3) is 3.51. The van der Waals surface area contributed by atoms with Crippen molar-refractivity contribution in [2.45, 2.75) is 19.1 Å². The van der Waals surface area contributed by atoms with E-state index >= 15 is 0 Å². The zero-order valence-electron chi connectivity index (χ0n) is 13.6. The zero-order valence-corrected chi connectivity index (χ0v) is 13.6. The molecule has 122 valence electrons. The third-order valence-electron chi connectivity index (χ3n) is 4.54. The number of fused-ring (bicyclic) bond motifs is 1. The van der Waals surface area contributed by atoms with Crippen molar-refractivity contribution in [3.63, 3.8) is 0 Å². The predicted octanol–water partition coefficient (Wildman–Crippen LogP) is 1.51. The molecular formula is C18H23N3O2. The van der Waals surface area contributed by atoms with Gasteiger partial charge in [-0.25, -0.2) is 0 Å². The van der Waals surface area contributed by atoms with Gasteiger partial charge in [0.15, 0.2) is 0 Å². The standard InChI is InChI=1S/C18H23N3O2/c1-20-8-7-17(22)15(12-20)18(23)21(2)11-13-9-14-5-3-4-6-16(14)19-10-13/h3-6,9-10,15,17,22H,7-8,11-12H2,1-2H3/t15-,17-/m1/s1. The summed E-state index contributed by atoms with van der Waals surface area (Å²) < 4.78 is 0. The molecule has 2 heterocycles. The molecule has 5 heteroatoms. The van der Waals surface area contributed by atoms with E-state index in [0.717, 1.165) is 23.0 Å². The third-order valence-corrected chi connectivity index (χ3v) is 4.54. The van der Waals surface area contributed by atoms with Crippen LogP contribution in [-0.4, -0.2) is 59.1 Å². The molecule has 1 aromatic heterocycles. The van der Waals surface area contributed by atoms with Crippen molar-refractivity contribution < 1.29 is 9.90 Å². The largest absolute Gasteiger partial charge is 0.392 e. The van der Waals surface area contributed by atoms with Crippen molar-refractivity contribution in [3.8, 4) is 0 Å². The Bertz CT molecular complexity index is 703. The van der Waals surface area contributed by atoms with Crippen LogP contribution in [0.4, 0.5) is 0 Å². The molecule has 0 bridgehead atoms. The lowest BCUT2D eigenvalue weighted by Crippen LogP contribution is -2.48. The zero-order chi connectivity index (χ0) is 16.4. The highest BCUT2D eigenvalue weighted by atomic mass is 16.3. The number of likely N-dealkylation sites (tertiary alicyclic amines) is 1. The summed E-state index contributed by atoms with van der Waals surface area (Å²) in [4.78, 5) is 20.9. The summed E-state index contributed by atoms with van der Waals surface area (Å²) in [5.41, 5.74) is 1.95. The molecule has 1 N–H and O–H groups in total. The molecule has 3 rings (SSSR count). The van der Waals surface area contributed by atoms with Crippen LogP contribution < -0.4 is 0 Å². The van der Waals surface area contributed by atoms with Crippen molar-refractivity contribution >= 4 is 16.8 Å². The van der Waals surface area contributed by atoms with Gasteiger partial charge in [0.05, 0.1) is 17.5 Å². The lowest BCUT2D eigenvalue weighted by molar-refractivity contribution is -0.141. The highest BCUT2D eigenvalue weighted by Crippen LogP contribution is 2.20. The maximum Gasteiger partial charge on any atom is 0.229 e. The summed E-state index contributed by atoms with van der Waals surface area (Å²) in [7, 11) is 3.78. The topological polar surface area (TPSA) is 56.7 Å². The molecule has 0 aliphatic carbocycles. The lowest BCUT2D eigenvalue weighted by atomic mass is 9.93. The van der Waals surface area contributed by atoms with Crippen LogP contribution in [0.1, 0.15) is 12.0 Å². The number of hydrogen-bond acceptors (Lipinski definition) is 4. The monoisotopic (exact) mass is 313 g/mol. The Morgan fingerprint density at radius 2 is 2.22 bits per heavy atom. The average Bonchev–Trinajstić information content (AvgIpc) is 2.56. The Morgan fingerprint density at radius 1 is 1.43 bits per heavy atom. The first kappa shape index (κ1) is 15.9. The number of pyridine rings is 1. The van der Waals surface area contributed by atoms with Crippen LogP contribution in [0.15, 0.2) is 36.5 Å². The van der Waals surface area contributed by atoms with Gasteiger partial charge in [-0.3, -0.25) is 9.78 Å². The van der Waals surface area contributed by atoms with Crippen LogP contribution in [0.3, 0.4) is 0 Å². The first-order chi connectivity index (χ1) is 11.0. The van der Waals surface area contributed by atoms with E-state index < -0.39 is 6.10 Å². The van der Waals surface area contributed by atoms with Gasteiger partial charge in [-0.2, -0.15) is 0 Å². The van der Waals surface area contributed by atoms with Crippen molar-refractivity contribution in [2.75, 3.05) is 27.2 Å². The molecule has 1 aliphatic rings. The summed E-state index contributed by atoms with van der Waals surface area (Å²) >= 11 is 0. The van der Waals surface area contributed by atoms with Crippen molar-refractivity contribution in [2.24, 2.45) is 5.92 Å². The van der Waals surface area contributed by atoms with E-state index in [1.807, 2.05) is 37.5 Å². The molecule has 5 nitrogen and oxygen atoms in total. The molecule has 1 fully saturated rings. The smallest absolute Gasteiger partial charge is 0.229 e. The number of benzene rings is 1. The lowest BCUT2D eigenvalue weighted by Gasteiger charge is -2.35. The molecule has 1 amide bonds. The molecule has 0 unspecified atom stereocenters. The van der Waals surface area contributed by atoms with Crippen molar-refractivity contribution in [1.29, 1.82) is 0 Å². The van der Waals surface area contributed by atoms with Gasteiger partial charge in [0.25, 0.3) is 0 Å². The van der Waals surface area contributed by atoms with E-state index in [2.05, 4.69) is 16.0 Å². The maximum atomic E-state index is 12.6. The van der Waals surface area contributed by atoms with Gasteiger partial charge in [-0.1, -0.05) is 18.2 Å². The minimum Gasteiger partial charge on any atom is -0.392 e. The van der Waals surface area contributed by atoms with Gasteiger partial charge in [-0.05, 0) is 31.2 Å². The van der Waals surface area contributed by atoms with Gasteiger partial charge in [-0.15, -0.1) is 0 Å². The first-order valence-electron chi connectivity index (χ1n) is 8.00. The van der Waals surface area contributed by atoms with Gasteiger partial charge < -0.3 is 14.9 Å². The Kier molecular flexibility index (Phi) is 4.59. The first-order valence-corrected chi connectivity index (χ1v) is 8.00. The minimum atomic E-state index is -0.545. The fourth-order valence-electron chi connectivity index (χ4n) is 3.18. The van der Waals surface area contributed by atoms with Gasteiger partial charge in [0.1, 0.15) is 0 Å². The Labute approximate surface area is 136 Å². The highest BCUT2D eigenvalue weighted by Gasteiger charge is 2.33. The SMILES string of the molecule is CN1CC[C@@H](O)[C@H](C(=O)N(C)Cc2cnc3ccccc3c2)C1. The van der Waals surface area contributed by atoms with E-state index in [-0.39, 0.29) is 11.8 Å². The number of para-hydroxylation sites is 1. The predicted molar refractivity (Wildman–Crippen MR) is 89.8 cm³/mol. The van der Waals surface area contributed by atoms with Crippen molar-refractivity contribution in [3.05, 3.63) is 42.1 Å². The van der Waals surface area contributed by atoms with E-state index in [4.69, 9.17) is 0 Å². The fraction of sp³-hybridized carbons (Fsp3) is 0.444. The molecule has 0 radical (unpaired) electrons. The number of amides is 1. The Balaban J connectivity index is 1.71. The highest BCUT2D eigenvalue weighted by molar-refractivity contribution is 5.80. The van der Waals surface area contributed by atoms with E-state index in [0.29, 0.717) is 19.5 Å². The molecule has 0 saturated carbocycles. The normalized spacial score (nSPS) is 22.2. The molecule has 1 saturated heterocycles. The van der Waals surface area contributed by atoms with Crippen LogP contribution in [0, 0.1) is 5.92 Å². The van der Waals surface area contributed by atoms with Gasteiger partial charge in [0, 0.05) is 38.3 Å². The fourth-order valence-corrected chi connectivity index (χ4v) is 3.18. The second-order valence-electron chi connectivity index (χ2n) is 6.46. The van der Waals surface area contributed by atoms with Crippen molar-refractivity contribution in [1.82, 2.24) is 14.8 Å². The summed E-state index contributed by atoms with van der Waals surface area (Å²) in [5.74, 6) is -0.343. The van der Waals surface area contributed by atoms with Crippen LogP contribution in [0.5, 0.6) is 0 Å². The van der Waals surface area contributed by atoms with Crippen LogP contribution >= 0.6 is 0 Å². The molecule has 0 spiro atoms. The number of carbonyl (C=O) groups is 1. The van der Waals surface area contributed by atoms with Gasteiger partial charge in [0.2, 0.25) is 5.91 Å². The number of rotatable bonds is 3. The minimum absolute atomic E-state index is 0.00258. The number of aliphatic hydroxyl groups excluding tert-OH is 1. The van der Waals surface area contributed by atoms with Gasteiger partial charge >= 0.3 is 0 Å². The number of carbonyl (C=O) groups excluding carboxylic acids is 1.